The van der Waals surface area contributed by atoms with Gasteiger partial charge in [-0.15, -0.1) is 10.2 Å². The van der Waals surface area contributed by atoms with E-state index in [-0.39, 0.29) is 37.1 Å². The number of aromatic nitrogens is 3. The second-order valence-corrected chi connectivity index (χ2v) is 8.65. The maximum atomic E-state index is 12.3. The molecule has 2 heterocycles. The van der Waals surface area contributed by atoms with Crippen LogP contribution in [-0.2, 0) is 27.3 Å². The smallest absolute Gasteiger partial charge is 0.239 e. The van der Waals surface area contributed by atoms with E-state index in [2.05, 4.69) is 40.0 Å². The van der Waals surface area contributed by atoms with Crippen LogP contribution in [0, 0.1) is 5.92 Å². The van der Waals surface area contributed by atoms with E-state index >= 15 is 0 Å². The van der Waals surface area contributed by atoms with Crippen LogP contribution in [-0.4, -0.2) is 39.5 Å². The summed E-state index contributed by atoms with van der Waals surface area (Å²) in [5.41, 5.74) is 1.45. The van der Waals surface area contributed by atoms with Gasteiger partial charge in [0.15, 0.2) is 0 Å². The number of benzene rings is 1. The van der Waals surface area contributed by atoms with Gasteiger partial charge in [0, 0.05) is 38.2 Å². The van der Waals surface area contributed by atoms with Crippen molar-refractivity contribution in [3.05, 3.63) is 35.5 Å². The molecule has 9 nitrogen and oxygen atoms in total. The van der Waals surface area contributed by atoms with Gasteiger partial charge in [-0.25, -0.2) is 0 Å². The van der Waals surface area contributed by atoms with Crippen LogP contribution in [0.4, 0.5) is 10.8 Å². The minimum Gasteiger partial charge on any atom is -0.358 e. The lowest BCUT2D eigenvalue weighted by Gasteiger charge is -2.08. The summed E-state index contributed by atoms with van der Waals surface area (Å²) in [6.45, 7) is 4.38. The second-order valence-electron chi connectivity index (χ2n) is 7.59. The first-order chi connectivity index (χ1) is 14.8. The molecule has 0 spiro atoms. The van der Waals surface area contributed by atoms with E-state index in [0.29, 0.717) is 16.7 Å². The van der Waals surface area contributed by atoms with Crippen LogP contribution >= 0.6 is 11.3 Å². The quantitative estimate of drug-likeness (QED) is 0.471. The van der Waals surface area contributed by atoms with Crippen LogP contribution in [0.3, 0.4) is 0 Å². The molecule has 2 aromatic heterocycles. The van der Waals surface area contributed by atoms with Crippen LogP contribution in [0.25, 0.3) is 10.9 Å². The molecule has 3 rings (SSSR count). The molecule has 0 bridgehead atoms. The van der Waals surface area contributed by atoms with Gasteiger partial charge in [-0.3, -0.25) is 14.4 Å². The van der Waals surface area contributed by atoms with Crippen LogP contribution in [0.2, 0.25) is 0 Å². The second kappa shape index (κ2) is 10.2. The molecule has 0 unspecified atom stereocenters. The van der Waals surface area contributed by atoms with Gasteiger partial charge in [0.1, 0.15) is 11.6 Å². The molecule has 3 aromatic rings. The Morgan fingerprint density at radius 2 is 1.77 bits per heavy atom. The number of carbonyl (C=O) groups is 3. The molecule has 31 heavy (non-hydrogen) atoms. The normalized spacial score (nSPS) is 11.0. The van der Waals surface area contributed by atoms with E-state index in [1.54, 1.807) is 13.1 Å². The number of nitrogens with zero attached hydrogens (tertiary/aromatic N) is 3. The highest BCUT2D eigenvalue weighted by molar-refractivity contribution is 7.15. The lowest BCUT2D eigenvalue weighted by molar-refractivity contribution is -0.121. The molecule has 164 valence electrons. The summed E-state index contributed by atoms with van der Waals surface area (Å²) in [7, 11) is 1.59. The summed E-state index contributed by atoms with van der Waals surface area (Å²) in [6.07, 6.45) is 2.73. The number of rotatable bonds is 9. The molecule has 3 amide bonds. The van der Waals surface area contributed by atoms with Gasteiger partial charge in [0.2, 0.25) is 22.9 Å². The fraction of sp³-hybridized carbons (Fsp3) is 0.381. The van der Waals surface area contributed by atoms with Crippen molar-refractivity contribution in [2.45, 2.75) is 39.7 Å². The first kappa shape index (κ1) is 22.4. The van der Waals surface area contributed by atoms with Crippen molar-refractivity contribution >= 4 is 50.8 Å². The topological polar surface area (TPSA) is 118 Å². The summed E-state index contributed by atoms with van der Waals surface area (Å²) in [6, 6.07) is 7.40. The number of hydrogen-bond acceptors (Lipinski definition) is 6. The van der Waals surface area contributed by atoms with E-state index < -0.39 is 0 Å². The number of carbonyl (C=O) groups excluding carboxylic acids is 3. The molecular formula is C21H26N6O3S. The van der Waals surface area contributed by atoms with Gasteiger partial charge in [-0.05, 0) is 29.5 Å². The predicted octanol–water partition coefficient (Wildman–Crippen LogP) is 2.79. The van der Waals surface area contributed by atoms with Gasteiger partial charge in [-0.1, -0.05) is 31.3 Å². The van der Waals surface area contributed by atoms with E-state index in [1.807, 2.05) is 29.0 Å². The molecule has 0 aliphatic heterocycles. The van der Waals surface area contributed by atoms with E-state index in [9.17, 15) is 14.4 Å². The zero-order valence-corrected chi connectivity index (χ0v) is 18.6. The van der Waals surface area contributed by atoms with Crippen LogP contribution in [0.5, 0.6) is 0 Å². The molecule has 0 fully saturated rings. The molecule has 0 saturated heterocycles. The molecule has 0 aliphatic carbocycles. The van der Waals surface area contributed by atoms with Gasteiger partial charge in [0.25, 0.3) is 0 Å². The molecule has 3 N–H and O–H groups in total. The maximum absolute atomic E-state index is 12.3. The number of likely N-dealkylation sites (N-methyl/N-ethyl adjacent to an activating group) is 1. The van der Waals surface area contributed by atoms with Crippen molar-refractivity contribution < 1.29 is 14.4 Å². The monoisotopic (exact) mass is 442 g/mol. The molecule has 0 saturated carbocycles. The lowest BCUT2D eigenvalue weighted by atomic mass is 10.1. The lowest BCUT2D eigenvalue weighted by Crippen LogP contribution is -2.23. The molecule has 1 aromatic carbocycles. The average Bonchev–Trinajstić information content (AvgIpc) is 3.32. The Balaban J connectivity index is 1.52. The minimum atomic E-state index is -0.280. The number of hydrogen-bond donors (Lipinski definition) is 3. The third-order valence-electron chi connectivity index (χ3n) is 4.53. The molecule has 0 aliphatic rings. The van der Waals surface area contributed by atoms with E-state index in [0.717, 1.165) is 22.3 Å². The summed E-state index contributed by atoms with van der Waals surface area (Å²) >= 11 is 1.35. The summed E-state index contributed by atoms with van der Waals surface area (Å²) in [5, 5.41) is 18.4. The van der Waals surface area contributed by atoms with Crippen molar-refractivity contribution in [2.24, 2.45) is 5.92 Å². The Bertz CT molecular complexity index is 1090. The molecule has 0 radical (unpaired) electrons. The van der Waals surface area contributed by atoms with Crippen molar-refractivity contribution in [1.82, 2.24) is 20.1 Å². The fourth-order valence-electron chi connectivity index (χ4n) is 3.00. The number of anilines is 2. The Labute approximate surface area is 184 Å². The van der Waals surface area contributed by atoms with E-state index in [1.165, 1.54) is 11.3 Å². The zero-order valence-electron chi connectivity index (χ0n) is 17.8. The third kappa shape index (κ3) is 6.35. The Morgan fingerprint density at radius 3 is 2.48 bits per heavy atom. The summed E-state index contributed by atoms with van der Waals surface area (Å²) in [5.74, 6) is -0.190. The molecular weight excluding hydrogens is 416 g/mol. The van der Waals surface area contributed by atoms with Gasteiger partial charge < -0.3 is 20.5 Å². The Morgan fingerprint density at radius 1 is 1.03 bits per heavy atom. The van der Waals surface area contributed by atoms with E-state index in [4.69, 9.17) is 0 Å². The zero-order chi connectivity index (χ0) is 22.4. The molecule has 0 atom stereocenters. The first-order valence-corrected chi connectivity index (χ1v) is 10.9. The minimum absolute atomic E-state index is 0.0419. The van der Waals surface area contributed by atoms with Crippen molar-refractivity contribution in [1.29, 1.82) is 0 Å². The maximum Gasteiger partial charge on any atom is 0.239 e. The third-order valence-corrected chi connectivity index (χ3v) is 5.39. The first-order valence-electron chi connectivity index (χ1n) is 10.1. The van der Waals surface area contributed by atoms with Crippen LogP contribution < -0.4 is 16.0 Å². The summed E-state index contributed by atoms with van der Waals surface area (Å²) < 4.78 is 1.81. The summed E-state index contributed by atoms with van der Waals surface area (Å²) in [4.78, 5) is 36.1. The average molecular weight is 443 g/mol. The van der Waals surface area contributed by atoms with Gasteiger partial charge >= 0.3 is 0 Å². The highest BCUT2D eigenvalue weighted by atomic mass is 32.1. The Kier molecular flexibility index (Phi) is 7.35. The van der Waals surface area contributed by atoms with Crippen LogP contribution in [0.1, 0.15) is 31.7 Å². The largest absolute Gasteiger partial charge is 0.358 e. The standard InChI is InChI=1S/C21H26N6O3S/c1-13(2)10-20-25-26-21(31-20)24-18(29)7-6-17(28)23-15-5-4-14-8-9-27(16(14)11-15)12-19(30)22-3/h4-5,8-9,11,13H,6-7,10,12H2,1-3H3,(H,22,30)(H,23,28)(H,24,26,29). The number of amides is 3. The fourth-order valence-corrected chi connectivity index (χ4v) is 3.97. The van der Waals surface area contributed by atoms with Gasteiger partial charge in [-0.2, -0.15) is 0 Å². The Hall–Kier alpha value is -3.27. The number of fused-ring (bicyclic) bond motifs is 1. The highest BCUT2D eigenvalue weighted by Crippen LogP contribution is 2.21. The number of nitrogens with one attached hydrogen (secondary N) is 3. The highest BCUT2D eigenvalue weighted by Gasteiger charge is 2.12. The molecule has 10 heteroatoms. The predicted molar refractivity (Wildman–Crippen MR) is 121 cm³/mol. The van der Waals surface area contributed by atoms with Gasteiger partial charge in [0.05, 0.1) is 5.52 Å². The van der Waals surface area contributed by atoms with Crippen molar-refractivity contribution in [2.75, 3.05) is 17.7 Å². The van der Waals surface area contributed by atoms with Crippen molar-refractivity contribution in [3.8, 4) is 0 Å². The van der Waals surface area contributed by atoms with Crippen LogP contribution in [0.15, 0.2) is 30.5 Å². The van der Waals surface area contributed by atoms with Crippen molar-refractivity contribution in [3.63, 3.8) is 0 Å². The SMILES string of the molecule is CNC(=O)Cn1ccc2ccc(NC(=O)CCC(=O)Nc3nnc(CC(C)C)s3)cc21.